The molecule has 1 aromatic heterocycles. The molecule has 0 spiro atoms. The second-order valence-electron chi connectivity index (χ2n) is 2.92. The normalized spacial score (nSPS) is 22.0. The van der Waals surface area contributed by atoms with Crippen LogP contribution in [-0.4, -0.2) is 22.0 Å². The zero-order valence-electron chi connectivity index (χ0n) is 6.90. The minimum absolute atomic E-state index is 0.0671. The second-order valence-corrected chi connectivity index (χ2v) is 4.23. The van der Waals surface area contributed by atoms with Crippen molar-refractivity contribution < 1.29 is 14.4 Å². The monoisotopic (exact) mass is 199 g/mol. The van der Waals surface area contributed by atoms with Gasteiger partial charge in [-0.3, -0.25) is 0 Å². The van der Waals surface area contributed by atoms with E-state index < -0.39 is 5.97 Å². The molecule has 0 bridgehead atoms. The van der Waals surface area contributed by atoms with Crippen LogP contribution >= 0.6 is 11.8 Å². The molecular formula is C8H9NO3S. The van der Waals surface area contributed by atoms with Crippen LogP contribution in [0.25, 0.3) is 0 Å². The highest BCUT2D eigenvalue weighted by molar-refractivity contribution is 7.99. The fraction of sp³-hybridized carbons (Fsp3) is 0.500. The van der Waals surface area contributed by atoms with Gasteiger partial charge in [-0.25, -0.2) is 4.79 Å². The van der Waals surface area contributed by atoms with Crippen molar-refractivity contribution in [3.8, 4) is 0 Å². The summed E-state index contributed by atoms with van der Waals surface area (Å²) in [4.78, 5) is 10.5. The molecular weight excluding hydrogens is 190 g/mol. The summed E-state index contributed by atoms with van der Waals surface area (Å²) in [5.74, 6) is 0.00386. The Bertz CT molecular complexity index is 317. The molecule has 1 fully saturated rings. The standard InChI is InChI=1S/C8H9NO3S/c10-8(11)6-4-5(9-12-6)7-2-1-3-13-7/h4,7H,1-3H2,(H,10,11). The number of rotatable bonds is 2. The van der Waals surface area contributed by atoms with Crippen molar-refractivity contribution in [2.24, 2.45) is 0 Å². The minimum Gasteiger partial charge on any atom is -0.475 e. The molecule has 0 aliphatic carbocycles. The number of thioether (sulfide) groups is 1. The van der Waals surface area contributed by atoms with E-state index in [-0.39, 0.29) is 5.76 Å². The van der Waals surface area contributed by atoms with Crippen LogP contribution in [0.4, 0.5) is 0 Å². The van der Waals surface area contributed by atoms with Crippen molar-refractivity contribution in [1.29, 1.82) is 0 Å². The van der Waals surface area contributed by atoms with E-state index in [4.69, 9.17) is 5.11 Å². The largest absolute Gasteiger partial charge is 0.475 e. The zero-order chi connectivity index (χ0) is 9.26. The first-order valence-corrected chi connectivity index (χ1v) is 5.14. The lowest BCUT2D eigenvalue weighted by Gasteiger charge is -2.00. The minimum atomic E-state index is -1.05. The van der Waals surface area contributed by atoms with E-state index in [9.17, 15) is 4.79 Å². The first-order valence-electron chi connectivity index (χ1n) is 4.09. The molecule has 2 heterocycles. The van der Waals surface area contributed by atoms with Crippen LogP contribution in [0.15, 0.2) is 10.6 Å². The van der Waals surface area contributed by atoms with Gasteiger partial charge in [0.2, 0.25) is 5.76 Å². The molecule has 1 aromatic rings. The van der Waals surface area contributed by atoms with E-state index in [2.05, 4.69) is 9.68 Å². The van der Waals surface area contributed by atoms with Crippen molar-refractivity contribution >= 4 is 17.7 Å². The van der Waals surface area contributed by atoms with Crippen LogP contribution in [-0.2, 0) is 0 Å². The van der Waals surface area contributed by atoms with E-state index >= 15 is 0 Å². The maximum Gasteiger partial charge on any atom is 0.374 e. The van der Waals surface area contributed by atoms with Gasteiger partial charge in [-0.1, -0.05) is 5.16 Å². The van der Waals surface area contributed by atoms with E-state index in [0.717, 1.165) is 17.9 Å². The van der Waals surface area contributed by atoms with Gasteiger partial charge in [0.05, 0.1) is 10.9 Å². The van der Waals surface area contributed by atoms with Gasteiger partial charge >= 0.3 is 5.97 Å². The Kier molecular flexibility index (Phi) is 2.26. The molecule has 0 amide bonds. The zero-order valence-corrected chi connectivity index (χ0v) is 7.71. The van der Waals surface area contributed by atoms with Crippen LogP contribution in [0.3, 0.4) is 0 Å². The molecule has 2 rings (SSSR count). The maximum absolute atomic E-state index is 10.5. The van der Waals surface area contributed by atoms with Crippen LogP contribution in [0, 0.1) is 0 Å². The Morgan fingerprint density at radius 2 is 2.62 bits per heavy atom. The SMILES string of the molecule is O=C(O)c1cc(C2CCCS2)no1. The molecule has 1 N–H and O–H groups in total. The number of hydrogen-bond donors (Lipinski definition) is 1. The van der Waals surface area contributed by atoms with Gasteiger partial charge in [0, 0.05) is 6.07 Å². The molecule has 1 aliphatic rings. The summed E-state index contributed by atoms with van der Waals surface area (Å²) >= 11 is 1.81. The van der Waals surface area contributed by atoms with Gasteiger partial charge in [0.15, 0.2) is 0 Å². The second kappa shape index (κ2) is 3.41. The number of hydrogen-bond acceptors (Lipinski definition) is 4. The predicted octanol–water partition coefficient (Wildman–Crippen LogP) is 1.94. The van der Waals surface area contributed by atoms with Gasteiger partial charge in [0.25, 0.3) is 0 Å². The maximum atomic E-state index is 10.5. The van der Waals surface area contributed by atoms with Gasteiger partial charge in [0.1, 0.15) is 0 Å². The fourth-order valence-corrected chi connectivity index (χ4v) is 2.59. The molecule has 1 unspecified atom stereocenters. The third-order valence-corrected chi connectivity index (χ3v) is 3.40. The average Bonchev–Trinajstić information content (AvgIpc) is 2.75. The Morgan fingerprint density at radius 3 is 3.15 bits per heavy atom. The molecule has 1 aliphatic heterocycles. The fourth-order valence-electron chi connectivity index (χ4n) is 1.35. The smallest absolute Gasteiger partial charge is 0.374 e. The van der Waals surface area contributed by atoms with Crippen molar-refractivity contribution in [2.75, 3.05) is 5.75 Å². The van der Waals surface area contributed by atoms with Crippen LogP contribution < -0.4 is 0 Å². The van der Waals surface area contributed by atoms with Crippen LogP contribution in [0.2, 0.25) is 0 Å². The number of aromatic carboxylic acids is 1. The van der Waals surface area contributed by atoms with E-state index in [1.165, 1.54) is 12.5 Å². The van der Waals surface area contributed by atoms with Crippen LogP contribution in [0.5, 0.6) is 0 Å². The highest BCUT2D eigenvalue weighted by Crippen LogP contribution is 2.39. The highest BCUT2D eigenvalue weighted by Gasteiger charge is 2.22. The Hall–Kier alpha value is -0.970. The third kappa shape index (κ3) is 1.70. The van der Waals surface area contributed by atoms with E-state index in [1.807, 2.05) is 0 Å². The summed E-state index contributed by atoms with van der Waals surface area (Å²) in [6.07, 6.45) is 2.24. The lowest BCUT2D eigenvalue weighted by atomic mass is 10.2. The molecule has 0 saturated carbocycles. The van der Waals surface area contributed by atoms with Crippen molar-refractivity contribution in [2.45, 2.75) is 18.1 Å². The number of aromatic nitrogens is 1. The van der Waals surface area contributed by atoms with Crippen molar-refractivity contribution in [3.63, 3.8) is 0 Å². The first-order chi connectivity index (χ1) is 6.27. The van der Waals surface area contributed by atoms with Gasteiger partial charge in [-0.05, 0) is 18.6 Å². The molecule has 4 nitrogen and oxygen atoms in total. The Morgan fingerprint density at radius 1 is 1.77 bits per heavy atom. The Labute approximate surface area is 79.3 Å². The predicted molar refractivity (Wildman–Crippen MR) is 47.9 cm³/mol. The molecule has 5 heteroatoms. The summed E-state index contributed by atoms with van der Waals surface area (Å²) in [5, 5.41) is 12.7. The summed E-state index contributed by atoms with van der Waals surface area (Å²) < 4.78 is 4.68. The summed E-state index contributed by atoms with van der Waals surface area (Å²) in [6.45, 7) is 0. The summed E-state index contributed by atoms with van der Waals surface area (Å²) in [7, 11) is 0. The van der Waals surface area contributed by atoms with E-state index in [1.54, 1.807) is 11.8 Å². The Balaban J connectivity index is 2.16. The number of carboxylic acid groups (broad SMARTS) is 1. The molecule has 0 aromatic carbocycles. The average molecular weight is 199 g/mol. The van der Waals surface area contributed by atoms with Gasteiger partial charge in [-0.15, -0.1) is 0 Å². The third-order valence-electron chi connectivity index (χ3n) is 2.00. The number of carboxylic acids is 1. The first kappa shape index (κ1) is 8.62. The van der Waals surface area contributed by atoms with Gasteiger partial charge < -0.3 is 9.63 Å². The summed E-state index contributed by atoms with van der Waals surface area (Å²) in [6, 6.07) is 1.52. The molecule has 1 saturated heterocycles. The quantitative estimate of drug-likeness (QED) is 0.788. The number of nitrogens with zero attached hydrogens (tertiary/aromatic N) is 1. The van der Waals surface area contributed by atoms with Crippen LogP contribution in [0.1, 0.15) is 34.3 Å². The molecule has 0 radical (unpaired) electrons. The molecule has 13 heavy (non-hydrogen) atoms. The highest BCUT2D eigenvalue weighted by atomic mass is 32.2. The van der Waals surface area contributed by atoms with Crippen molar-refractivity contribution in [1.82, 2.24) is 5.16 Å². The molecule has 70 valence electrons. The summed E-state index contributed by atoms with van der Waals surface area (Å²) in [5.41, 5.74) is 0.764. The lowest BCUT2D eigenvalue weighted by molar-refractivity contribution is 0.0652. The lowest BCUT2D eigenvalue weighted by Crippen LogP contribution is -1.92. The number of carbonyl (C=O) groups is 1. The van der Waals surface area contributed by atoms with Crippen molar-refractivity contribution in [3.05, 3.63) is 17.5 Å². The topological polar surface area (TPSA) is 63.3 Å². The van der Waals surface area contributed by atoms with E-state index in [0.29, 0.717) is 5.25 Å². The molecule has 1 atom stereocenters. The van der Waals surface area contributed by atoms with Gasteiger partial charge in [-0.2, -0.15) is 11.8 Å².